The Bertz CT molecular complexity index is 1380. The Morgan fingerprint density at radius 1 is 0.318 bits per heavy atom. The van der Waals surface area contributed by atoms with Crippen molar-refractivity contribution in [1.82, 2.24) is 5.32 Å². The highest BCUT2D eigenvalue weighted by molar-refractivity contribution is 5.76. The molecule has 0 radical (unpaired) electrons. The van der Waals surface area contributed by atoms with Crippen molar-refractivity contribution in [3.05, 3.63) is 24.3 Å². The van der Waals surface area contributed by atoms with E-state index in [0.29, 0.717) is 25.9 Å². The number of allylic oxidation sites excluding steroid dienone is 4. The SMILES string of the molecule is CCCCCCCCCCCCCCCCCCCCCC(O)C(CO)NC(=O)CCCCCCCCCCCCCCCCCCC/C=C\C/C=C\CCCCCCCCCCCCCCCOC(=O)CCCCCCCCCCCCCCCCC. The minimum Gasteiger partial charge on any atom is -0.466 e. The van der Waals surface area contributed by atoms with Gasteiger partial charge in [-0.05, 0) is 57.8 Å². The number of esters is 1. The predicted molar refractivity (Wildman–Crippen MR) is 389 cm³/mol. The molecule has 1 amide bonds. The van der Waals surface area contributed by atoms with Gasteiger partial charge in [-0.1, -0.05) is 417 Å². The van der Waals surface area contributed by atoms with Crippen molar-refractivity contribution in [3.63, 3.8) is 0 Å². The van der Waals surface area contributed by atoms with Crippen molar-refractivity contribution < 1.29 is 24.5 Å². The molecule has 0 spiro atoms. The summed E-state index contributed by atoms with van der Waals surface area (Å²) in [7, 11) is 0. The number of unbranched alkanes of at least 4 members (excludes halogenated alkanes) is 62. The summed E-state index contributed by atoms with van der Waals surface area (Å²) in [5, 5.41) is 23.4. The molecule has 0 saturated carbocycles. The van der Waals surface area contributed by atoms with E-state index in [0.717, 1.165) is 44.9 Å². The lowest BCUT2D eigenvalue weighted by Gasteiger charge is -2.22. The molecule has 0 bridgehead atoms. The number of carbonyl (C=O) groups excluding carboxylic acids is 2. The number of nitrogens with one attached hydrogen (secondary N) is 1. The van der Waals surface area contributed by atoms with Crippen LogP contribution < -0.4 is 5.32 Å². The van der Waals surface area contributed by atoms with Gasteiger partial charge in [-0.25, -0.2) is 0 Å². The van der Waals surface area contributed by atoms with Gasteiger partial charge in [0.1, 0.15) is 0 Å². The van der Waals surface area contributed by atoms with Crippen LogP contribution in [0.1, 0.15) is 463 Å². The molecule has 2 unspecified atom stereocenters. The monoisotopic (exact) mass is 1240 g/mol. The largest absolute Gasteiger partial charge is 0.466 e. The average Bonchev–Trinajstić information content (AvgIpc) is 3.58. The van der Waals surface area contributed by atoms with Gasteiger partial charge in [0.05, 0.1) is 25.4 Å². The third-order valence-electron chi connectivity index (χ3n) is 19.3. The highest BCUT2D eigenvalue weighted by atomic mass is 16.5. The maximum absolute atomic E-state index is 12.6. The summed E-state index contributed by atoms with van der Waals surface area (Å²) in [6, 6.07) is -0.540. The maximum atomic E-state index is 12.6. The average molecular weight is 1240 g/mol. The second kappa shape index (κ2) is 77.8. The molecule has 0 fully saturated rings. The third kappa shape index (κ3) is 73.4. The van der Waals surface area contributed by atoms with Crippen molar-refractivity contribution >= 4 is 11.9 Å². The Balaban J connectivity index is 3.35. The summed E-state index contributed by atoms with van der Waals surface area (Å²) in [4.78, 5) is 24.6. The molecule has 6 heteroatoms. The zero-order chi connectivity index (χ0) is 63.5. The van der Waals surface area contributed by atoms with Crippen molar-refractivity contribution in [2.24, 2.45) is 0 Å². The van der Waals surface area contributed by atoms with Gasteiger partial charge in [0.25, 0.3) is 0 Å². The second-order valence-electron chi connectivity index (χ2n) is 28.1. The van der Waals surface area contributed by atoms with Crippen LogP contribution in [0.15, 0.2) is 24.3 Å². The summed E-state index contributed by atoms with van der Waals surface area (Å²) in [5.41, 5.74) is 0. The van der Waals surface area contributed by atoms with Crippen LogP contribution in [0, 0.1) is 0 Å². The smallest absolute Gasteiger partial charge is 0.305 e. The lowest BCUT2D eigenvalue weighted by atomic mass is 10.0. The normalized spacial score (nSPS) is 12.5. The van der Waals surface area contributed by atoms with Crippen LogP contribution in [0.5, 0.6) is 0 Å². The molecular formula is C82H159NO5. The van der Waals surface area contributed by atoms with Gasteiger partial charge in [0.15, 0.2) is 0 Å². The Morgan fingerprint density at radius 2 is 0.568 bits per heavy atom. The molecular weight excluding hydrogens is 1080 g/mol. The molecule has 0 aromatic heterocycles. The van der Waals surface area contributed by atoms with Gasteiger partial charge in [-0.15, -0.1) is 0 Å². The van der Waals surface area contributed by atoms with Crippen LogP contribution in [-0.2, 0) is 14.3 Å². The molecule has 0 rings (SSSR count). The molecule has 88 heavy (non-hydrogen) atoms. The number of aliphatic hydroxyl groups is 2. The topological polar surface area (TPSA) is 95.9 Å². The minimum atomic E-state index is -0.663. The molecule has 0 aliphatic rings. The van der Waals surface area contributed by atoms with Gasteiger partial charge in [-0.3, -0.25) is 9.59 Å². The second-order valence-corrected chi connectivity index (χ2v) is 28.1. The van der Waals surface area contributed by atoms with E-state index in [9.17, 15) is 19.8 Å². The fourth-order valence-electron chi connectivity index (χ4n) is 13.1. The van der Waals surface area contributed by atoms with Gasteiger partial charge in [0.2, 0.25) is 5.91 Å². The van der Waals surface area contributed by atoms with Gasteiger partial charge in [0, 0.05) is 12.8 Å². The van der Waals surface area contributed by atoms with Gasteiger partial charge in [-0.2, -0.15) is 0 Å². The van der Waals surface area contributed by atoms with E-state index in [-0.39, 0.29) is 18.5 Å². The van der Waals surface area contributed by atoms with Crippen LogP contribution >= 0.6 is 0 Å². The first-order valence-corrected chi connectivity index (χ1v) is 40.6. The summed E-state index contributed by atoms with van der Waals surface area (Å²) >= 11 is 0. The fourth-order valence-corrected chi connectivity index (χ4v) is 13.1. The predicted octanol–water partition coefficient (Wildman–Crippen LogP) is 26.8. The number of hydrogen-bond donors (Lipinski definition) is 3. The Morgan fingerprint density at radius 3 is 0.864 bits per heavy atom. The first kappa shape index (κ1) is 86.3. The van der Waals surface area contributed by atoms with Gasteiger partial charge >= 0.3 is 5.97 Å². The lowest BCUT2D eigenvalue weighted by Crippen LogP contribution is -2.45. The standard InChI is InChI=1S/C82H159NO5/c1-3-5-7-9-11-13-15-17-19-20-40-43-47-50-54-58-62-66-70-74-80(85)79(78-84)83-81(86)75-71-67-63-59-55-51-48-44-41-38-36-34-32-30-28-26-24-22-21-23-25-27-29-31-33-35-37-39-42-45-49-53-57-61-65-69-73-77-88-82(87)76-72-68-64-60-56-52-46-18-16-14-12-10-8-6-4-2/h21,23,27,29,79-80,84-85H,3-20,22,24-26,28,30-78H2,1-2H3,(H,83,86)/b23-21-,29-27-. The fraction of sp³-hybridized carbons (Fsp3) is 0.927. The Hall–Kier alpha value is -1.66. The van der Waals surface area contributed by atoms with E-state index >= 15 is 0 Å². The molecule has 0 aromatic rings. The quantitative estimate of drug-likeness (QED) is 0.0320. The van der Waals surface area contributed by atoms with Crippen molar-refractivity contribution in [2.75, 3.05) is 13.2 Å². The third-order valence-corrected chi connectivity index (χ3v) is 19.3. The van der Waals surface area contributed by atoms with E-state index in [1.54, 1.807) is 0 Å². The van der Waals surface area contributed by atoms with E-state index in [1.807, 2.05) is 0 Å². The van der Waals surface area contributed by atoms with Crippen LogP contribution in [-0.4, -0.2) is 47.4 Å². The van der Waals surface area contributed by atoms with Crippen LogP contribution in [0.25, 0.3) is 0 Å². The van der Waals surface area contributed by atoms with Crippen molar-refractivity contribution in [1.29, 1.82) is 0 Å². The number of rotatable bonds is 77. The van der Waals surface area contributed by atoms with Crippen LogP contribution in [0.2, 0.25) is 0 Å². The van der Waals surface area contributed by atoms with E-state index in [4.69, 9.17) is 4.74 Å². The van der Waals surface area contributed by atoms with E-state index in [1.165, 1.54) is 385 Å². The zero-order valence-corrected chi connectivity index (χ0v) is 60.0. The minimum absolute atomic E-state index is 0.0227. The number of hydrogen-bond acceptors (Lipinski definition) is 5. The summed E-state index contributed by atoms with van der Waals surface area (Å²) in [6.45, 7) is 5.01. The van der Waals surface area contributed by atoms with E-state index in [2.05, 4.69) is 43.5 Å². The Labute approximate surface area is 551 Å². The molecule has 0 aliphatic carbocycles. The molecule has 6 nitrogen and oxygen atoms in total. The highest BCUT2D eigenvalue weighted by Gasteiger charge is 2.20. The van der Waals surface area contributed by atoms with Crippen LogP contribution in [0.3, 0.4) is 0 Å². The number of amides is 1. The van der Waals surface area contributed by atoms with Crippen LogP contribution in [0.4, 0.5) is 0 Å². The zero-order valence-electron chi connectivity index (χ0n) is 60.0. The van der Waals surface area contributed by atoms with Crippen molar-refractivity contribution in [3.8, 4) is 0 Å². The van der Waals surface area contributed by atoms with Crippen molar-refractivity contribution in [2.45, 2.75) is 475 Å². The molecule has 522 valence electrons. The number of carbonyl (C=O) groups is 2. The maximum Gasteiger partial charge on any atom is 0.305 e. The van der Waals surface area contributed by atoms with E-state index < -0.39 is 12.1 Å². The molecule has 0 aliphatic heterocycles. The Kier molecular flexibility index (Phi) is 76.3. The molecule has 3 N–H and O–H groups in total. The summed E-state index contributed by atoms with van der Waals surface area (Å²) < 4.78 is 5.51. The van der Waals surface area contributed by atoms with Gasteiger partial charge < -0.3 is 20.3 Å². The highest BCUT2D eigenvalue weighted by Crippen LogP contribution is 2.20. The summed E-state index contributed by atoms with van der Waals surface area (Å²) in [6.07, 6.45) is 100.0. The molecule has 0 aromatic carbocycles. The first-order chi connectivity index (χ1) is 43.5. The molecule has 0 heterocycles. The summed E-state index contributed by atoms with van der Waals surface area (Å²) in [5.74, 6) is -0.00461. The molecule has 2 atom stereocenters. The number of ether oxygens (including phenoxy) is 1. The number of aliphatic hydroxyl groups excluding tert-OH is 2. The lowest BCUT2D eigenvalue weighted by molar-refractivity contribution is -0.143. The molecule has 0 saturated heterocycles. The first-order valence-electron chi connectivity index (χ1n) is 40.6.